The van der Waals surface area contributed by atoms with Gasteiger partial charge in [-0.1, -0.05) is 203 Å². The van der Waals surface area contributed by atoms with Crippen molar-refractivity contribution in [1.29, 1.82) is 0 Å². The first-order valence-corrected chi connectivity index (χ1v) is 28.2. The third-order valence-electron chi connectivity index (χ3n) is 12.9. The van der Waals surface area contributed by atoms with Gasteiger partial charge in [-0.05, 0) is 78.1 Å². The molecule has 0 aliphatic heterocycles. The lowest BCUT2D eigenvalue weighted by atomic mass is 9.63. The van der Waals surface area contributed by atoms with Gasteiger partial charge < -0.3 is 0 Å². The molecule has 292 valence electrons. The second-order valence-electron chi connectivity index (χ2n) is 18.5. The fourth-order valence-corrected chi connectivity index (χ4v) is 13.2. The standard InChI is InChI=1S/C56H50N2Si2/c1-37-39(54-44-27-13-11-25-42(44)51(35-57-54)59(2,3)4)29-19-33-47(37)56(48-31-17-15-23-40(48)41-24-16-18-32-49(41)56)50-34-20-30-46(53(50)38-21-9-8-10-22-38)55-45-28-14-12-26-43(45)52(36-58-55)60(5,6)7/h8-36H,1-7H3. The maximum absolute atomic E-state index is 5.44. The first kappa shape index (κ1) is 38.0. The highest BCUT2D eigenvalue weighted by atomic mass is 28.3. The molecule has 0 spiro atoms. The van der Waals surface area contributed by atoms with Crippen LogP contribution in [-0.2, 0) is 5.41 Å². The smallest absolute Gasteiger partial charge is 0.0804 e. The van der Waals surface area contributed by atoms with Crippen molar-refractivity contribution in [2.75, 3.05) is 0 Å². The molecule has 0 fully saturated rings. The van der Waals surface area contributed by atoms with Gasteiger partial charge in [0.25, 0.3) is 0 Å². The molecule has 0 N–H and O–H groups in total. The zero-order valence-corrected chi connectivity index (χ0v) is 37.6. The second-order valence-corrected chi connectivity index (χ2v) is 28.6. The molecule has 9 aromatic rings. The molecule has 0 radical (unpaired) electrons. The Morgan fingerprint density at radius 3 is 1.30 bits per heavy atom. The molecular weight excluding hydrogens is 757 g/mol. The van der Waals surface area contributed by atoms with Crippen LogP contribution in [0.2, 0.25) is 39.3 Å². The Balaban J connectivity index is 1.35. The Hall–Kier alpha value is -6.21. The van der Waals surface area contributed by atoms with E-state index in [2.05, 4.69) is 222 Å². The van der Waals surface area contributed by atoms with Gasteiger partial charge in [0.1, 0.15) is 0 Å². The monoisotopic (exact) mass is 806 g/mol. The molecule has 1 aliphatic carbocycles. The number of hydrogen-bond donors (Lipinski definition) is 0. The number of hydrogen-bond acceptors (Lipinski definition) is 2. The lowest BCUT2D eigenvalue weighted by Crippen LogP contribution is -2.38. The van der Waals surface area contributed by atoms with E-state index in [-0.39, 0.29) is 0 Å². The molecule has 0 bridgehead atoms. The van der Waals surface area contributed by atoms with Crippen molar-refractivity contribution >= 4 is 48.1 Å². The van der Waals surface area contributed by atoms with E-state index in [4.69, 9.17) is 9.97 Å². The summed E-state index contributed by atoms with van der Waals surface area (Å²) in [5, 5.41) is 7.82. The van der Waals surface area contributed by atoms with Crippen LogP contribution in [0.25, 0.3) is 66.3 Å². The highest BCUT2D eigenvalue weighted by Gasteiger charge is 2.48. The van der Waals surface area contributed by atoms with Crippen molar-refractivity contribution in [3.05, 3.63) is 204 Å². The first-order chi connectivity index (χ1) is 29.0. The second kappa shape index (κ2) is 14.2. The molecular formula is C56H50N2Si2. The summed E-state index contributed by atoms with van der Waals surface area (Å²) < 4.78 is 0. The van der Waals surface area contributed by atoms with Crippen LogP contribution in [0.5, 0.6) is 0 Å². The molecule has 0 atom stereocenters. The van der Waals surface area contributed by atoms with Gasteiger partial charge in [0, 0.05) is 34.3 Å². The van der Waals surface area contributed by atoms with Gasteiger partial charge >= 0.3 is 0 Å². The number of pyridine rings is 2. The van der Waals surface area contributed by atoms with E-state index in [0.717, 1.165) is 17.0 Å². The number of nitrogens with zero attached hydrogens (tertiary/aromatic N) is 2. The number of rotatable bonds is 7. The van der Waals surface area contributed by atoms with E-state index < -0.39 is 21.6 Å². The van der Waals surface area contributed by atoms with E-state index in [0.29, 0.717) is 0 Å². The molecule has 0 unspecified atom stereocenters. The SMILES string of the molecule is Cc1c(-c2ncc([Si](C)(C)C)c3ccccc23)cccc1C1(c2cccc(-c3ncc([Si](C)(C)C)c4ccccc34)c2-c2ccccc2)c2ccccc2-c2ccccc21. The summed E-state index contributed by atoms with van der Waals surface area (Å²) in [6.07, 6.45) is 4.35. The fraction of sp³-hybridized carbons (Fsp3) is 0.143. The summed E-state index contributed by atoms with van der Waals surface area (Å²) in [5.41, 5.74) is 14.9. The molecule has 4 heteroatoms. The van der Waals surface area contributed by atoms with E-state index in [1.807, 2.05) is 0 Å². The first-order valence-electron chi connectivity index (χ1n) is 21.2. The van der Waals surface area contributed by atoms with Crippen LogP contribution in [-0.4, -0.2) is 26.1 Å². The molecule has 2 heterocycles. The van der Waals surface area contributed by atoms with Crippen molar-refractivity contribution < 1.29 is 0 Å². The molecule has 2 nitrogen and oxygen atoms in total. The summed E-state index contributed by atoms with van der Waals surface area (Å²) >= 11 is 0. The number of aromatic nitrogens is 2. The number of fused-ring (bicyclic) bond motifs is 5. The summed E-state index contributed by atoms with van der Waals surface area (Å²) in [5.74, 6) is 0. The topological polar surface area (TPSA) is 25.8 Å². The van der Waals surface area contributed by atoms with Gasteiger partial charge in [-0.25, -0.2) is 0 Å². The summed E-state index contributed by atoms with van der Waals surface area (Å²) in [7, 11) is -3.37. The Bertz CT molecular complexity index is 3090. The highest BCUT2D eigenvalue weighted by molar-refractivity contribution is 6.90. The summed E-state index contributed by atoms with van der Waals surface area (Å²) in [4.78, 5) is 10.8. The van der Waals surface area contributed by atoms with Crippen molar-refractivity contribution in [1.82, 2.24) is 9.97 Å². The molecule has 10 rings (SSSR count). The Morgan fingerprint density at radius 1 is 0.367 bits per heavy atom. The minimum absolute atomic E-state index is 0.670. The van der Waals surface area contributed by atoms with Crippen LogP contribution >= 0.6 is 0 Å². The van der Waals surface area contributed by atoms with Gasteiger partial charge in [0.2, 0.25) is 0 Å². The highest BCUT2D eigenvalue weighted by Crippen LogP contribution is 2.59. The molecule has 1 aliphatic rings. The van der Waals surface area contributed by atoms with Crippen molar-refractivity contribution in [3.8, 4) is 44.8 Å². The van der Waals surface area contributed by atoms with Gasteiger partial charge in [-0.3, -0.25) is 9.97 Å². The van der Waals surface area contributed by atoms with Crippen LogP contribution in [0.15, 0.2) is 176 Å². The normalized spacial score (nSPS) is 13.4. The lowest BCUT2D eigenvalue weighted by Gasteiger charge is -2.38. The predicted molar refractivity (Wildman–Crippen MR) is 261 cm³/mol. The lowest BCUT2D eigenvalue weighted by molar-refractivity contribution is 0.764. The third kappa shape index (κ3) is 5.80. The third-order valence-corrected chi connectivity index (χ3v) is 17.0. The Kier molecular flexibility index (Phi) is 9.01. The van der Waals surface area contributed by atoms with Crippen LogP contribution < -0.4 is 10.4 Å². The molecule has 0 saturated carbocycles. The van der Waals surface area contributed by atoms with Gasteiger partial charge in [-0.2, -0.15) is 0 Å². The zero-order chi connectivity index (χ0) is 41.4. The largest absolute Gasteiger partial charge is 0.256 e. The molecule has 2 aromatic heterocycles. The Morgan fingerprint density at radius 2 is 0.767 bits per heavy atom. The fourth-order valence-electron chi connectivity index (χ4n) is 10.2. The number of benzene rings is 7. The quantitative estimate of drug-likeness (QED) is 0.150. The van der Waals surface area contributed by atoms with Crippen LogP contribution in [0.4, 0.5) is 0 Å². The van der Waals surface area contributed by atoms with Gasteiger partial charge in [0.15, 0.2) is 0 Å². The summed E-state index contributed by atoms with van der Waals surface area (Å²) in [6, 6.07) is 60.9. The molecule has 0 amide bonds. The minimum Gasteiger partial charge on any atom is -0.256 e. The summed E-state index contributed by atoms with van der Waals surface area (Å²) in [6.45, 7) is 16.8. The van der Waals surface area contributed by atoms with Crippen molar-refractivity contribution in [2.24, 2.45) is 0 Å². The molecule has 60 heavy (non-hydrogen) atoms. The van der Waals surface area contributed by atoms with Crippen LogP contribution in [0.3, 0.4) is 0 Å². The van der Waals surface area contributed by atoms with E-state index in [1.54, 1.807) is 0 Å². The van der Waals surface area contributed by atoms with E-state index in [9.17, 15) is 0 Å². The average Bonchev–Trinajstić information content (AvgIpc) is 3.56. The van der Waals surface area contributed by atoms with Gasteiger partial charge in [-0.15, -0.1) is 0 Å². The van der Waals surface area contributed by atoms with Crippen molar-refractivity contribution in [3.63, 3.8) is 0 Å². The van der Waals surface area contributed by atoms with Crippen LogP contribution in [0, 0.1) is 6.92 Å². The zero-order valence-electron chi connectivity index (χ0n) is 35.6. The van der Waals surface area contributed by atoms with E-state index in [1.165, 1.54) is 87.6 Å². The van der Waals surface area contributed by atoms with Crippen molar-refractivity contribution in [2.45, 2.75) is 51.6 Å². The minimum atomic E-state index is -1.70. The predicted octanol–water partition coefficient (Wildman–Crippen LogP) is 13.5. The maximum atomic E-state index is 5.44. The average molecular weight is 807 g/mol. The maximum Gasteiger partial charge on any atom is 0.0804 e. The van der Waals surface area contributed by atoms with Crippen LogP contribution in [0.1, 0.15) is 27.8 Å². The van der Waals surface area contributed by atoms with E-state index >= 15 is 0 Å². The molecule has 0 saturated heterocycles. The molecule has 7 aromatic carbocycles. The van der Waals surface area contributed by atoms with Gasteiger partial charge in [0.05, 0.1) is 33.0 Å². The Labute approximate surface area is 356 Å².